The smallest absolute Gasteiger partial charge is 0.261 e. The fraction of sp³-hybridized carbons (Fsp3) is 0.450. The van der Waals surface area contributed by atoms with Crippen LogP contribution < -0.4 is 15.4 Å². The third-order valence-corrected chi connectivity index (χ3v) is 5.72. The summed E-state index contributed by atoms with van der Waals surface area (Å²) in [6, 6.07) is 7.57. The van der Waals surface area contributed by atoms with Crippen LogP contribution in [0, 0.1) is 0 Å². The van der Waals surface area contributed by atoms with E-state index in [9.17, 15) is 4.79 Å². The van der Waals surface area contributed by atoms with Crippen molar-refractivity contribution in [2.24, 2.45) is 0 Å². The van der Waals surface area contributed by atoms with Crippen LogP contribution >= 0.6 is 11.8 Å². The highest BCUT2D eigenvalue weighted by Gasteiger charge is 2.22. The van der Waals surface area contributed by atoms with E-state index in [1.54, 1.807) is 23.5 Å². The summed E-state index contributed by atoms with van der Waals surface area (Å²) in [5, 5.41) is 15.2. The van der Waals surface area contributed by atoms with Crippen LogP contribution in [-0.2, 0) is 4.79 Å². The molecule has 11 heteroatoms. The van der Waals surface area contributed by atoms with E-state index in [4.69, 9.17) is 4.74 Å². The fourth-order valence-electron chi connectivity index (χ4n) is 3.06. The van der Waals surface area contributed by atoms with Crippen LogP contribution in [0.3, 0.4) is 0 Å². The lowest BCUT2D eigenvalue weighted by Gasteiger charge is -2.26. The maximum atomic E-state index is 12.9. The molecule has 0 saturated carbocycles. The normalized spacial score (nSPS) is 11.9. The predicted molar refractivity (Wildman–Crippen MR) is 122 cm³/mol. The lowest BCUT2D eigenvalue weighted by Crippen LogP contribution is -2.31. The number of thioether (sulfide) groups is 1. The van der Waals surface area contributed by atoms with E-state index in [1.165, 1.54) is 11.8 Å². The van der Waals surface area contributed by atoms with Crippen LogP contribution in [0.4, 0.5) is 11.9 Å². The summed E-state index contributed by atoms with van der Waals surface area (Å²) < 4.78 is 7.16. The van der Waals surface area contributed by atoms with Crippen LogP contribution in [-0.4, -0.2) is 68.4 Å². The second-order valence-electron chi connectivity index (χ2n) is 6.76. The van der Waals surface area contributed by atoms with Crippen LogP contribution in [0.2, 0.25) is 0 Å². The average Bonchev–Trinajstić information content (AvgIpc) is 3.20. The van der Waals surface area contributed by atoms with E-state index in [-0.39, 0.29) is 17.7 Å². The molecule has 1 unspecified atom stereocenters. The van der Waals surface area contributed by atoms with Gasteiger partial charge in [0.25, 0.3) is 5.78 Å². The molecule has 2 aromatic heterocycles. The van der Waals surface area contributed by atoms with E-state index >= 15 is 0 Å². The number of carbonyl (C=O) groups excluding carboxylic acids is 1. The molecule has 0 radical (unpaired) electrons. The van der Waals surface area contributed by atoms with E-state index in [1.807, 2.05) is 45.0 Å². The topological polar surface area (TPSA) is 110 Å². The zero-order chi connectivity index (χ0) is 22.4. The van der Waals surface area contributed by atoms with Crippen molar-refractivity contribution in [1.29, 1.82) is 0 Å². The summed E-state index contributed by atoms with van der Waals surface area (Å²) >= 11 is 1.30. The van der Waals surface area contributed by atoms with Crippen molar-refractivity contribution in [3.05, 3.63) is 29.8 Å². The Kier molecular flexibility index (Phi) is 7.50. The molecule has 0 fully saturated rings. The zero-order valence-corrected chi connectivity index (χ0v) is 19.2. The number of aromatic nitrogens is 5. The Labute approximate surface area is 185 Å². The van der Waals surface area contributed by atoms with Gasteiger partial charge in [-0.3, -0.25) is 4.79 Å². The van der Waals surface area contributed by atoms with Gasteiger partial charge < -0.3 is 20.3 Å². The molecule has 2 N–H and O–H groups in total. The number of rotatable bonds is 10. The molecule has 0 aliphatic carbocycles. The molecule has 0 saturated heterocycles. The molecule has 2 heterocycles. The summed E-state index contributed by atoms with van der Waals surface area (Å²) in [4.78, 5) is 23.5. The Morgan fingerprint density at radius 1 is 1.19 bits per heavy atom. The van der Waals surface area contributed by atoms with Crippen LogP contribution in [0.1, 0.15) is 32.4 Å². The lowest BCUT2D eigenvalue weighted by molar-refractivity contribution is -0.128. The molecule has 0 aliphatic rings. The van der Waals surface area contributed by atoms with Gasteiger partial charge in [0.05, 0.1) is 18.9 Å². The lowest BCUT2D eigenvalue weighted by atomic mass is 10.1. The molecule has 3 rings (SSSR count). The molecular weight excluding hydrogens is 416 g/mol. The SMILES string of the molecule is CCNc1nc(NCC)n2c(SCC(=O)N(C)C(C)c3ccccc3OC)nnc2n1. The van der Waals surface area contributed by atoms with Crippen molar-refractivity contribution in [1.82, 2.24) is 29.5 Å². The van der Waals surface area contributed by atoms with Gasteiger partial charge in [0.2, 0.25) is 17.8 Å². The minimum Gasteiger partial charge on any atom is -0.496 e. The third-order valence-electron chi connectivity index (χ3n) is 4.80. The van der Waals surface area contributed by atoms with Gasteiger partial charge in [-0.05, 0) is 26.8 Å². The third kappa shape index (κ3) is 4.98. The first-order chi connectivity index (χ1) is 15.0. The number of para-hydroxylation sites is 1. The van der Waals surface area contributed by atoms with Gasteiger partial charge in [0.15, 0.2) is 5.16 Å². The van der Waals surface area contributed by atoms with Gasteiger partial charge in [-0.1, -0.05) is 30.0 Å². The number of nitrogens with one attached hydrogen (secondary N) is 2. The molecule has 0 spiro atoms. The van der Waals surface area contributed by atoms with Gasteiger partial charge in [0, 0.05) is 25.7 Å². The standard InChI is InChI=1S/C20H28N8O2S/c1-6-21-17-23-18(22-7-2)28-19(24-17)25-26-20(28)31-12-16(29)27(4)13(3)14-10-8-9-11-15(14)30-5/h8-11,13H,6-7,12H2,1-5H3,(H2,21,22,23,24,25). The van der Waals surface area contributed by atoms with E-state index in [0.29, 0.717) is 35.9 Å². The summed E-state index contributed by atoms with van der Waals surface area (Å²) in [6.45, 7) is 7.31. The van der Waals surface area contributed by atoms with Crippen molar-refractivity contribution < 1.29 is 9.53 Å². The molecule has 0 bridgehead atoms. The summed E-state index contributed by atoms with van der Waals surface area (Å²) in [5.41, 5.74) is 0.956. The van der Waals surface area contributed by atoms with E-state index < -0.39 is 0 Å². The van der Waals surface area contributed by atoms with Gasteiger partial charge >= 0.3 is 0 Å². The molecule has 31 heavy (non-hydrogen) atoms. The molecule has 166 valence electrons. The first-order valence-electron chi connectivity index (χ1n) is 10.1. The number of ether oxygens (including phenoxy) is 1. The number of hydrogen-bond acceptors (Lipinski definition) is 9. The highest BCUT2D eigenvalue weighted by Crippen LogP contribution is 2.29. The number of nitrogens with zero attached hydrogens (tertiary/aromatic N) is 6. The predicted octanol–water partition coefficient (Wildman–Crippen LogP) is 2.70. The van der Waals surface area contributed by atoms with Crippen molar-refractivity contribution in [3.63, 3.8) is 0 Å². The molecule has 3 aromatic rings. The Morgan fingerprint density at radius 2 is 1.94 bits per heavy atom. The fourth-order valence-corrected chi connectivity index (χ4v) is 3.91. The minimum atomic E-state index is -0.136. The summed E-state index contributed by atoms with van der Waals surface area (Å²) in [5.74, 6) is 2.42. The molecular formula is C20H28N8O2S. The largest absolute Gasteiger partial charge is 0.496 e. The van der Waals surface area contributed by atoms with Crippen LogP contribution in [0.5, 0.6) is 5.75 Å². The van der Waals surface area contributed by atoms with Crippen molar-refractivity contribution >= 4 is 35.3 Å². The monoisotopic (exact) mass is 444 g/mol. The number of carbonyl (C=O) groups is 1. The average molecular weight is 445 g/mol. The molecule has 10 nitrogen and oxygen atoms in total. The molecule has 1 atom stereocenters. The second-order valence-corrected chi connectivity index (χ2v) is 7.70. The highest BCUT2D eigenvalue weighted by molar-refractivity contribution is 7.99. The second kappa shape index (κ2) is 10.3. The van der Waals surface area contributed by atoms with Gasteiger partial charge in [0.1, 0.15) is 5.75 Å². The van der Waals surface area contributed by atoms with Crippen LogP contribution in [0.15, 0.2) is 29.4 Å². The highest BCUT2D eigenvalue weighted by atomic mass is 32.2. The summed E-state index contributed by atoms with van der Waals surface area (Å²) in [6.07, 6.45) is 0. The molecule has 1 aromatic carbocycles. The number of hydrogen-bond donors (Lipinski definition) is 2. The van der Waals surface area contributed by atoms with Gasteiger partial charge in [-0.2, -0.15) is 9.97 Å². The Balaban J connectivity index is 1.76. The van der Waals surface area contributed by atoms with Crippen molar-refractivity contribution in [2.45, 2.75) is 32.0 Å². The number of fused-ring (bicyclic) bond motifs is 1. The van der Waals surface area contributed by atoms with Gasteiger partial charge in [-0.25, -0.2) is 4.40 Å². The quantitative estimate of drug-likeness (QED) is 0.456. The van der Waals surface area contributed by atoms with Crippen molar-refractivity contribution in [3.8, 4) is 5.75 Å². The zero-order valence-electron chi connectivity index (χ0n) is 18.4. The van der Waals surface area contributed by atoms with Gasteiger partial charge in [-0.15, -0.1) is 10.2 Å². The number of anilines is 2. The number of benzene rings is 1. The number of amides is 1. The Morgan fingerprint density at radius 3 is 2.65 bits per heavy atom. The molecule has 1 amide bonds. The first kappa shape index (κ1) is 22.6. The Hall–Kier alpha value is -3.08. The number of methoxy groups -OCH3 is 1. The first-order valence-corrected chi connectivity index (χ1v) is 11.1. The summed E-state index contributed by atoms with van der Waals surface area (Å²) in [7, 11) is 3.42. The maximum Gasteiger partial charge on any atom is 0.261 e. The van der Waals surface area contributed by atoms with E-state index in [0.717, 1.165) is 11.3 Å². The maximum absolute atomic E-state index is 12.9. The van der Waals surface area contributed by atoms with E-state index in [2.05, 4.69) is 30.8 Å². The minimum absolute atomic E-state index is 0.0321. The van der Waals surface area contributed by atoms with Crippen LogP contribution in [0.25, 0.3) is 5.78 Å². The Bertz CT molecular complexity index is 1040. The van der Waals surface area contributed by atoms with Crippen molar-refractivity contribution in [2.75, 3.05) is 43.6 Å². The molecule has 0 aliphatic heterocycles.